The topological polar surface area (TPSA) is 69.3 Å². The van der Waals surface area contributed by atoms with E-state index in [9.17, 15) is 4.79 Å². The molecule has 108 valence electrons. The zero-order valence-corrected chi connectivity index (χ0v) is 11.9. The number of nitrogens with zero attached hydrogens (tertiary/aromatic N) is 2. The predicted octanol–water partition coefficient (Wildman–Crippen LogP) is 1.75. The summed E-state index contributed by atoms with van der Waals surface area (Å²) in [6.45, 7) is 5.15. The molecule has 0 saturated heterocycles. The molecule has 0 aliphatic carbocycles. The second-order valence-corrected chi connectivity index (χ2v) is 4.68. The fourth-order valence-electron chi connectivity index (χ4n) is 1.97. The van der Waals surface area contributed by atoms with Crippen molar-refractivity contribution in [1.29, 1.82) is 0 Å². The van der Waals surface area contributed by atoms with Crippen LogP contribution in [-0.2, 0) is 17.8 Å². The summed E-state index contributed by atoms with van der Waals surface area (Å²) in [6, 6.07) is 3.85. The monoisotopic (exact) mass is 277 g/mol. The first-order chi connectivity index (χ1) is 9.60. The van der Waals surface area contributed by atoms with Crippen LogP contribution < -0.4 is 5.32 Å². The molecule has 2 rings (SSSR count). The summed E-state index contributed by atoms with van der Waals surface area (Å²) in [5.41, 5.74) is 0.476. The molecule has 0 bridgehead atoms. The molecular formula is C14H19N3O3. The van der Waals surface area contributed by atoms with Crippen LogP contribution in [-0.4, -0.2) is 28.9 Å². The second kappa shape index (κ2) is 6.38. The lowest BCUT2D eigenvalue weighted by molar-refractivity contribution is 0.0599. The minimum absolute atomic E-state index is 0.238. The van der Waals surface area contributed by atoms with Crippen molar-refractivity contribution in [2.75, 3.05) is 7.11 Å². The number of furan rings is 1. The van der Waals surface area contributed by atoms with Gasteiger partial charge in [-0.1, -0.05) is 0 Å². The first-order valence-electron chi connectivity index (χ1n) is 6.48. The molecule has 1 N–H and O–H groups in total. The van der Waals surface area contributed by atoms with Crippen molar-refractivity contribution in [3.05, 3.63) is 41.6 Å². The van der Waals surface area contributed by atoms with Gasteiger partial charge in [-0.3, -0.25) is 4.68 Å². The van der Waals surface area contributed by atoms with Crippen molar-refractivity contribution in [3.8, 4) is 0 Å². The smallest absolute Gasteiger partial charge is 0.341 e. The van der Waals surface area contributed by atoms with E-state index in [0.717, 1.165) is 12.3 Å². The Morgan fingerprint density at radius 1 is 1.60 bits per heavy atom. The Morgan fingerprint density at radius 2 is 2.40 bits per heavy atom. The Hall–Kier alpha value is -2.08. The van der Waals surface area contributed by atoms with E-state index >= 15 is 0 Å². The summed E-state index contributed by atoms with van der Waals surface area (Å²) >= 11 is 0. The third-order valence-corrected chi connectivity index (χ3v) is 3.02. The molecule has 2 heterocycles. The largest absolute Gasteiger partial charge is 0.465 e. The van der Waals surface area contributed by atoms with Gasteiger partial charge >= 0.3 is 5.97 Å². The number of aryl methyl sites for hydroxylation is 1. The van der Waals surface area contributed by atoms with Crippen LogP contribution in [0.2, 0.25) is 0 Å². The normalized spacial score (nSPS) is 12.3. The maximum Gasteiger partial charge on any atom is 0.341 e. The van der Waals surface area contributed by atoms with E-state index in [0.29, 0.717) is 17.9 Å². The molecular weight excluding hydrogens is 258 g/mol. The molecule has 0 radical (unpaired) electrons. The molecule has 2 aromatic rings. The lowest BCUT2D eigenvalue weighted by Gasteiger charge is -2.12. The summed E-state index contributed by atoms with van der Waals surface area (Å²) in [4.78, 5) is 11.5. The van der Waals surface area contributed by atoms with Crippen LogP contribution in [0.3, 0.4) is 0 Å². The number of methoxy groups -OCH3 is 1. The molecule has 0 aliphatic rings. The highest BCUT2D eigenvalue weighted by Gasteiger charge is 2.15. The molecule has 0 amide bonds. The summed E-state index contributed by atoms with van der Waals surface area (Å²) < 4.78 is 12.1. The summed E-state index contributed by atoms with van der Waals surface area (Å²) in [5, 5.41) is 7.48. The number of carbonyl (C=O) groups is 1. The van der Waals surface area contributed by atoms with Crippen LogP contribution in [0.1, 0.15) is 28.8 Å². The Bertz CT molecular complexity index is 560. The number of hydrogen-bond acceptors (Lipinski definition) is 5. The number of carbonyl (C=O) groups excluding carboxylic acids is 1. The molecule has 0 saturated carbocycles. The summed E-state index contributed by atoms with van der Waals surface area (Å²) in [7, 11) is 1.36. The number of nitrogens with one attached hydrogen (secondary N) is 1. The fourth-order valence-corrected chi connectivity index (χ4v) is 1.97. The maximum absolute atomic E-state index is 11.5. The van der Waals surface area contributed by atoms with Gasteiger partial charge in [-0.25, -0.2) is 4.79 Å². The molecule has 0 fully saturated rings. The van der Waals surface area contributed by atoms with Crippen LogP contribution >= 0.6 is 0 Å². The van der Waals surface area contributed by atoms with Crippen molar-refractivity contribution in [3.63, 3.8) is 0 Å². The second-order valence-electron chi connectivity index (χ2n) is 4.68. The third-order valence-electron chi connectivity index (χ3n) is 3.02. The summed E-state index contributed by atoms with van der Waals surface area (Å²) in [6.07, 6.45) is 3.68. The van der Waals surface area contributed by atoms with Crippen molar-refractivity contribution in [1.82, 2.24) is 15.1 Å². The quantitative estimate of drug-likeness (QED) is 0.815. The van der Waals surface area contributed by atoms with Gasteiger partial charge in [-0.15, -0.1) is 0 Å². The average molecular weight is 277 g/mol. The van der Waals surface area contributed by atoms with Gasteiger partial charge in [-0.2, -0.15) is 5.10 Å². The fraction of sp³-hybridized carbons (Fsp3) is 0.429. The minimum atomic E-state index is -0.373. The van der Waals surface area contributed by atoms with Crippen molar-refractivity contribution in [2.45, 2.75) is 33.0 Å². The first-order valence-corrected chi connectivity index (χ1v) is 6.48. The zero-order valence-electron chi connectivity index (χ0n) is 11.9. The molecule has 1 unspecified atom stereocenters. The van der Waals surface area contributed by atoms with E-state index in [1.165, 1.54) is 7.11 Å². The third kappa shape index (κ3) is 3.48. The van der Waals surface area contributed by atoms with E-state index in [4.69, 9.17) is 9.15 Å². The van der Waals surface area contributed by atoms with Gasteiger partial charge < -0.3 is 14.5 Å². The standard InChI is InChI=1S/C14H19N3O3/c1-10(9-17-6-4-5-16-17)15-8-12-7-13(11(2)20-12)14(18)19-3/h4-7,10,15H,8-9H2,1-3H3. The molecule has 6 nitrogen and oxygen atoms in total. The first kappa shape index (κ1) is 14.3. The number of hydrogen-bond donors (Lipinski definition) is 1. The van der Waals surface area contributed by atoms with E-state index in [2.05, 4.69) is 17.3 Å². The van der Waals surface area contributed by atoms with Crippen LogP contribution in [0.15, 0.2) is 28.9 Å². The Labute approximate surface area is 117 Å². The van der Waals surface area contributed by atoms with Gasteiger partial charge in [0.05, 0.1) is 20.2 Å². The number of ether oxygens (including phenoxy) is 1. The summed E-state index contributed by atoms with van der Waals surface area (Å²) in [5.74, 6) is 0.922. The van der Waals surface area contributed by atoms with E-state index < -0.39 is 0 Å². The molecule has 0 aliphatic heterocycles. The van der Waals surface area contributed by atoms with Gasteiger partial charge in [0.1, 0.15) is 17.1 Å². The van der Waals surface area contributed by atoms with Gasteiger partial charge in [-0.05, 0) is 26.0 Å². The highest BCUT2D eigenvalue weighted by atomic mass is 16.5. The molecule has 1 atom stereocenters. The van der Waals surface area contributed by atoms with Crippen LogP contribution in [0.4, 0.5) is 0 Å². The highest BCUT2D eigenvalue weighted by molar-refractivity contribution is 5.90. The van der Waals surface area contributed by atoms with Gasteiger partial charge in [0.2, 0.25) is 0 Å². The number of rotatable bonds is 6. The molecule has 2 aromatic heterocycles. The SMILES string of the molecule is COC(=O)c1cc(CNC(C)Cn2cccn2)oc1C. The van der Waals surface area contributed by atoms with Crippen LogP contribution in [0.25, 0.3) is 0 Å². The highest BCUT2D eigenvalue weighted by Crippen LogP contribution is 2.15. The predicted molar refractivity (Wildman–Crippen MR) is 73.3 cm³/mol. The van der Waals surface area contributed by atoms with Gasteiger partial charge in [0.15, 0.2) is 0 Å². The Kier molecular flexibility index (Phi) is 4.57. The van der Waals surface area contributed by atoms with E-state index in [1.807, 2.05) is 16.9 Å². The number of esters is 1. The zero-order chi connectivity index (χ0) is 14.5. The maximum atomic E-state index is 11.5. The Balaban J connectivity index is 1.89. The lowest BCUT2D eigenvalue weighted by atomic mass is 10.2. The van der Waals surface area contributed by atoms with E-state index in [1.54, 1.807) is 19.2 Å². The number of aromatic nitrogens is 2. The molecule has 6 heteroatoms. The molecule has 0 spiro atoms. The average Bonchev–Trinajstić information content (AvgIpc) is 3.05. The van der Waals surface area contributed by atoms with Crippen LogP contribution in [0, 0.1) is 6.92 Å². The molecule has 0 aromatic carbocycles. The van der Waals surface area contributed by atoms with Crippen LogP contribution in [0.5, 0.6) is 0 Å². The Morgan fingerprint density at radius 3 is 3.05 bits per heavy atom. The van der Waals surface area contributed by atoms with Crippen molar-refractivity contribution < 1.29 is 13.9 Å². The lowest BCUT2D eigenvalue weighted by Crippen LogP contribution is -2.30. The van der Waals surface area contributed by atoms with Gasteiger partial charge in [0.25, 0.3) is 0 Å². The van der Waals surface area contributed by atoms with Crippen molar-refractivity contribution in [2.24, 2.45) is 0 Å². The molecule has 20 heavy (non-hydrogen) atoms. The van der Waals surface area contributed by atoms with Crippen molar-refractivity contribution >= 4 is 5.97 Å². The van der Waals surface area contributed by atoms with Gasteiger partial charge in [0, 0.05) is 18.4 Å². The minimum Gasteiger partial charge on any atom is -0.465 e. The van der Waals surface area contributed by atoms with E-state index in [-0.39, 0.29) is 12.0 Å².